The monoisotopic (exact) mass is 404 g/mol. The summed E-state index contributed by atoms with van der Waals surface area (Å²) in [6.45, 7) is 1.29. The smallest absolute Gasteiger partial charge is 0.414 e. The second kappa shape index (κ2) is 8.10. The van der Waals surface area contributed by atoms with Crippen molar-refractivity contribution in [3.8, 4) is 0 Å². The second-order valence-electron chi connectivity index (χ2n) is 6.77. The molecular formula is C19H21FN4O5. The van der Waals surface area contributed by atoms with Crippen molar-refractivity contribution >= 4 is 23.8 Å². The molecule has 2 aromatic rings. The quantitative estimate of drug-likeness (QED) is 0.752. The fraction of sp³-hybridized carbons (Fsp3) is 0.368. The molecule has 1 aromatic carbocycles. The largest absolute Gasteiger partial charge is 0.462 e. The molecule has 0 spiro atoms. The van der Waals surface area contributed by atoms with E-state index in [1.54, 1.807) is 40.5 Å². The highest BCUT2D eigenvalue weighted by atomic mass is 19.1. The van der Waals surface area contributed by atoms with Crippen molar-refractivity contribution in [1.29, 1.82) is 0 Å². The number of halogens is 1. The van der Waals surface area contributed by atoms with Gasteiger partial charge in [0.15, 0.2) is 0 Å². The van der Waals surface area contributed by atoms with Gasteiger partial charge in [0.05, 0.1) is 37.6 Å². The van der Waals surface area contributed by atoms with Gasteiger partial charge in [0.1, 0.15) is 36.4 Å². The van der Waals surface area contributed by atoms with Gasteiger partial charge in [0.2, 0.25) is 0 Å². The van der Waals surface area contributed by atoms with Crippen molar-refractivity contribution in [2.45, 2.75) is 19.3 Å². The van der Waals surface area contributed by atoms with Gasteiger partial charge in [-0.1, -0.05) is 0 Å². The number of furan rings is 1. The molecule has 0 unspecified atom stereocenters. The lowest BCUT2D eigenvalue weighted by atomic mass is 10.2. The lowest BCUT2D eigenvalue weighted by Gasteiger charge is -2.30. The first-order chi connectivity index (χ1) is 14.1. The molecule has 1 atom stereocenters. The minimum atomic E-state index is -0.604. The summed E-state index contributed by atoms with van der Waals surface area (Å²) in [6, 6.07) is 8.00. The van der Waals surface area contributed by atoms with Crippen LogP contribution in [0.5, 0.6) is 0 Å². The predicted molar refractivity (Wildman–Crippen MR) is 102 cm³/mol. The van der Waals surface area contributed by atoms with E-state index in [1.807, 2.05) is 0 Å². The number of cyclic esters (lactones) is 1. The number of hydrogen-bond donors (Lipinski definition) is 2. The average molecular weight is 404 g/mol. The molecule has 2 aliphatic rings. The lowest BCUT2D eigenvalue weighted by Crippen LogP contribution is -2.38. The highest BCUT2D eigenvalue weighted by Gasteiger charge is 2.32. The SMILES string of the molecule is O=C1O[C@@H](CO)CN1c1ccc(N2C=NN(Cc3ccc(CO)o3)CC2)c(F)c1. The molecular weight excluding hydrogens is 383 g/mol. The molecule has 1 amide bonds. The number of aliphatic hydroxyl groups is 2. The highest BCUT2D eigenvalue weighted by molar-refractivity contribution is 5.90. The molecule has 2 N–H and O–H groups in total. The molecule has 154 valence electrons. The molecule has 2 aliphatic heterocycles. The summed E-state index contributed by atoms with van der Waals surface area (Å²) >= 11 is 0. The number of nitrogens with zero attached hydrogens (tertiary/aromatic N) is 4. The molecule has 0 aliphatic carbocycles. The van der Waals surface area contributed by atoms with E-state index in [9.17, 15) is 9.18 Å². The van der Waals surface area contributed by atoms with Crippen LogP contribution in [-0.4, -0.2) is 60.0 Å². The molecule has 1 saturated heterocycles. The molecule has 1 aromatic heterocycles. The molecule has 9 nitrogen and oxygen atoms in total. The first-order valence-electron chi connectivity index (χ1n) is 9.20. The van der Waals surface area contributed by atoms with Crippen molar-refractivity contribution in [1.82, 2.24) is 5.01 Å². The fourth-order valence-corrected chi connectivity index (χ4v) is 3.27. The average Bonchev–Trinajstić information content (AvgIpc) is 3.34. The number of ether oxygens (including phenoxy) is 1. The zero-order valence-electron chi connectivity index (χ0n) is 15.6. The third-order valence-corrected chi connectivity index (χ3v) is 4.79. The van der Waals surface area contributed by atoms with Gasteiger partial charge < -0.3 is 24.3 Å². The van der Waals surface area contributed by atoms with Gasteiger partial charge in [-0.3, -0.25) is 9.91 Å². The van der Waals surface area contributed by atoms with Gasteiger partial charge in [0.25, 0.3) is 0 Å². The standard InChI is InChI=1S/C19H21FN4O5/c20-17-7-13(24-9-16(11-26)29-19(24)27)1-4-18(17)22-5-6-23(21-12-22)8-14-2-3-15(10-25)28-14/h1-4,7,12,16,25-26H,5-6,8-11H2/t16-/m1/s1. The predicted octanol–water partition coefficient (Wildman–Crippen LogP) is 1.49. The molecule has 1 fully saturated rings. The Morgan fingerprint density at radius 3 is 2.62 bits per heavy atom. The third kappa shape index (κ3) is 4.03. The Hall–Kier alpha value is -3.11. The van der Waals surface area contributed by atoms with E-state index >= 15 is 0 Å². The minimum Gasteiger partial charge on any atom is -0.462 e. The van der Waals surface area contributed by atoms with Crippen LogP contribution in [0.2, 0.25) is 0 Å². The maximum atomic E-state index is 14.7. The number of rotatable bonds is 6. The van der Waals surface area contributed by atoms with Crippen LogP contribution in [0.3, 0.4) is 0 Å². The Balaban J connectivity index is 1.42. The summed E-state index contributed by atoms with van der Waals surface area (Å²) in [5.41, 5.74) is 0.726. The number of carbonyl (C=O) groups is 1. The Morgan fingerprint density at radius 2 is 2.00 bits per heavy atom. The van der Waals surface area contributed by atoms with E-state index in [-0.39, 0.29) is 19.8 Å². The van der Waals surface area contributed by atoms with Crippen molar-refractivity contribution < 1.29 is 28.6 Å². The number of hydrogen-bond acceptors (Lipinski definition) is 8. The van der Waals surface area contributed by atoms with E-state index in [2.05, 4.69) is 5.10 Å². The van der Waals surface area contributed by atoms with Crippen LogP contribution in [0.4, 0.5) is 20.6 Å². The van der Waals surface area contributed by atoms with Gasteiger partial charge in [0, 0.05) is 6.54 Å². The van der Waals surface area contributed by atoms with Crippen LogP contribution in [-0.2, 0) is 17.9 Å². The van der Waals surface area contributed by atoms with Crippen LogP contribution in [0.15, 0.2) is 39.9 Å². The van der Waals surface area contributed by atoms with Crippen molar-refractivity contribution in [3.05, 3.63) is 47.7 Å². The summed E-state index contributed by atoms with van der Waals surface area (Å²) in [6.07, 6.45) is 0.338. The number of benzene rings is 1. The van der Waals surface area contributed by atoms with Crippen LogP contribution >= 0.6 is 0 Å². The van der Waals surface area contributed by atoms with E-state index in [0.29, 0.717) is 42.5 Å². The summed E-state index contributed by atoms with van der Waals surface area (Å²) in [5.74, 6) is 0.701. The first-order valence-corrected chi connectivity index (χ1v) is 9.20. The second-order valence-corrected chi connectivity index (χ2v) is 6.77. The maximum Gasteiger partial charge on any atom is 0.414 e. The summed E-state index contributed by atoms with van der Waals surface area (Å²) in [4.78, 5) is 14.8. The van der Waals surface area contributed by atoms with E-state index < -0.39 is 18.0 Å². The molecule has 0 bridgehead atoms. The van der Waals surface area contributed by atoms with Crippen LogP contribution in [0, 0.1) is 5.82 Å². The molecule has 29 heavy (non-hydrogen) atoms. The van der Waals surface area contributed by atoms with Crippen LogP contribution < -0.4 is 9.80 Å². The topological polar surface area (TPSA) is 102 Å². The van der Waals surface area contributed by atoms with E-state index in [0.717, 1.165) is 0 Å². The Morgan fingerprint density at radius 1 is 1.17 bits per heavy atom. The summed E-state index contributed by atoms with van der Waals surface area (Å²) in [5, 5.41) is 24.3. The van der Waals surface area contributed by atoms with E-state index in [4.69, 9.17) is 19.4 Å². The van der Waals surface area contributed by atoms with Crippen molar-refractivity contribution in [2.75, 3.05) is 36.0 Å². The van der Waals surface area contributed by atoms with Gasteiger partial charge in [-0.05, 0) is 30.3 Å². The normalized spacial score (nSPS) is 19.2. The molecule has 3 heterocycles. The van der Waals surface area contributed by atoms with Gasteiger partial charge >= 0.3 is 6.09 Å². The van der Waals surface area contributed by atoms with Gasteiger partial charge in [-0.15, -0.1) is 0 Å². The number of anilines is 2. The lowest BCUT2D eigenvalue weighted by molar-refractivity contribution is 0.0963. The third-order valence-electron chi connectivity index (χ3n) is 4.79. The summed E-state index contributed by atoms with van der Waals surface area (Å²) in [7, 11) is 0. The van der Waals surface area contributed by atoms with Crippen molar-refractivity contribution in [3.63, 3.8) is 0 Å². The van der Waals surface area contributed by atoms with E-state index in [1.165, 1.54) is 11.0 Å². The van der Waals surface area contributed by atoms with Gasteiger partial charge in [-0.25, -0.2) is 9.18 Å². The first kappa shape index (κ1) is 19.2. The minimum absolute atomic E-state index is 0.151. The Labute approximate surface area is 166 Å². The Kier molecular flexibility index (Phi) is 5.36. The molecule has 0 saturated carbocycles. The van der Waals surface area contributed by atoms with Crippen LogP contribution in [0.25, 0.3) is 0 Å². The number of aliphatic hydroxyl groups excluding tert-OH is 2. The highest BCUT2D eigenvalue weighted by Crippen LogP contribution is 2.28. The van der Waals surface area contributed by atoms with Gasteiger partial charge in [-0.2, -0.15) is 5.10 Å². The van der Waals surface area contributed by atoms with Crippen molar-refractivity contribution in [2.24, 2.45) is 5.10 Å². The maximum absolute atomic E-state index is 14.7. The molecule has 4 rings (SSSR count). The molecule has 10 heteroatoms. The summed E-state index contributed by atoms with van der Waals surface area (Å²) < 4.78 is 25.1. The number of carbonyl (C=O) groups excluding carboxylic acids is 1. The fourth-order valence-electron chi connectivity index (χ4n) is 3.27. The Bertz CT molecular complexity index is 918. The number of amides is 1. The zero-order valence-corrected chi connectivity index (χ0v) is 15.6. The van der Waals surface area contributed by atoms with Crippen LogP contribution in [0.1, 0.15) is 11.5 Å². The molecule has 0 radical (unpaired) electrons. The zero-order chi connectivity index (χ0) is 20.4. The number of hydrazone groups is 1.